The summed E-state index contributed by atoms with van der Waals surface area (Å²) in [7, 11) is 2.89. The number of nitro groups is 1. The summed E-state index contributed by atoms with van der Waals surface area (Å²) in [6, 6.07) is 1.74. The fourth-order valence-corrected chi connectivity index (χ4v) is 2.67. The van der Waals surface area contributed by atoms with E-state index in [9.17, 15) is 19.7 Å². The predicted octanol–water partition coefficient (Wildman–Crippen LogP) is 0.555. The topological polar surface area (TPSA) is 122 Å². The first-order chi connectivity index (χ1) is 10.9. The molecule has 1 unspecified atom stereocenters. The highest BCUT2D eigenvalue weighted by Gasteiger charge is 2.35. The fourth-order valence-electron chi connectivity index (χ4n) is 2.67. The molecule has 1 aromatic rings. The maximum absolute atomic E-state index is 12.4. The second-order valence-electron chi connectivity index (χ2n) is 5.05. The van der Waals surface area contributed by atoms with Crippen LogP contribution in [0.5, 0.6) is 5.75 Å². The predicted molar refractivity (Wildman–Crippen MR) is 80.8 cm³/mol. The van der Waals surface area contributed by atoms with Crippen molar-refractivity contribution in [3.05, 3.63) is 27.8 Å². The molecule has 1 aliphatic heterocycles. The molecule has 0 radical (unpaired) electrons. The average molecular weight is 323 g/mol. The summed E-state index contributed by atoms with van der Waals surface area (Å²) in [6.45, 7) is 0.255. The minimum absolute atomic E-state index is 0.192. The van der Waals surface area contributed by atoms with Crippen LogP contribution in [-0.4, -0.2) is 48.7 Å². The number of carboxylic acid groups (broad SMARTS) is 1. The first-order valence-electron chi connectivity index (χ1n) is 6.95. The summed E-state index contributed by atoms with van der Waals surface area (Å²) in [5, 5.41) is 22.8. The van der Waals surface area contributed by atoms with Gasteiger partial charge in [0.1, 0.15) is 17.5 Å². The Morgan fingerprint density at radius 1 is 1.52 bits per heavy atom. The lowest BCUT2D eigenvalue weighted by Gasteiger charge is -2.20. The van der Waals surface area contributed by atoms with E-state index in [0.29, 0.717) is 17.7 Å². The normalized spacial score (nSPS) is 14.3. The molecule has 9 nitrogen and oxygen atoms in total. The third kappa shape index (κ3) is 3.09. The summed E-state index contributed by atoms with van der Waals surface area (Å²) in [5.41, 5.74) is 0.592. The summed E-state index contributed by atoms with van der Waals surface area (Å²) < 4.78 is 5.19. The Hall–Kier alpha value is -2.68. The summed E-state index contributed by atoms with van der Waals surface area (Å²) >= 11 is 0. The number of anilines is 1. The number of carbonyl (C=O) groups is 2. The van der Waals surface area contributed by atoms with Crippen LogP contribution in [0.2, 0.25) is 0 Å². The molecular weight excluding hydrogens is 306 g/mol. The van der Waals surface area contributed by atoms with Crippen LogP contribution in [0, 0.1) is 10.1 Å². The number of carboxylic acids is 1. The van der Waals surface area contributed by atoms with Crippen LogP contribution in [-0.2, 0) is 16.0 Å². The summed E-state index contributed by atoms with van der Waals surface area (Å²) in [4.78, 5) is 35.4. The van der Waals surface area contributed by atoms with Crippen LogP contribution in [0.15, 0.2) is 12.1 Å². The van der Waals surface area contributed by atoms with Crippen LogP contribution in [0.1, 0.15) is 12.0 Å². The van der Waals surface area contributed by atoms with Crippen molar-refractivity contribution in [1.82, 2.24) is 5.32 Å². The minimum atomic E-state index is -1.15. The monoisotopic (exact) mass is 323 g/mol. The lowest BCUT2D eigenvalue weighted by atomic mass is 10.1. The maximum Gasteiger partial charge on any atom is 0.321 e. The smallest absolute Gasteiger partial charge is 0.321 e. The van der Waals surface area contributed by atoms with Gasteiger partial charge in [0.05, 0.1) is 18.5 Å². The Balaban J connectivity index is 2.38. The lowest BCUT2D eigenvalue weighted by molar-refractivity contribution is -0.384. The molecular formula is C14H17N3O6. The molecule has 0 spiro atoms. The number of fused-ring (bicyclic) bond motifs is 1. The SMILES string of the molecule is CNC(CC(=O)N1CCc2c(OC)ccc([N+](=O)[O-])c21)C(=O)O. The quantitative estimate of drug-likeness (QED) is 0.579. The van der Waals surface area contributed by atoms with Crippen LogP contribution >= 0.6 is 0 Å². The summed E-state index contributed by atoms with van der Waals surface area (Å²) in [5.74, 6) is -1.16. The van der Waals surface area contributed by atoms with Crippen LogP contribution < -0.4 is 15.0 Å². The molecule has 9 heteroatoms. The van der Waals surface area contributed by atoms with Gasteiger partial charge in [-0.05, 0) is 19.5 Å². The molecule has 0 saturated carbocycles. The third-order valence-electron chi connectivity index (χ3n) is 3.82. The minimum Gasteiger partial charge on any atom is -0.496 e. The molecule has 0 saturated heterocycles. The van der Waals surface area contributed by atoms with E-state index in [1.165, 1.54) is 31.2 Å². The van der Waals surface area contributed by atoms with Gasteiger partial charge in [-0.1, -0.05) is 0 Å². The third-order valence-corrected chi connectivity index (χ3v) is 3.82. The number of nitro benzene ring substituents is 1. The molecule has 1 atom stereocenters. The number of benzene rings is 1. The number of likely N-dealkylation sites (N-methyl/N-ethyl adjacent to an activating group) is 1. The number of hydrogen-bond acceptors (Lipinski definition) is 6. The molecule has 0 aromatic heterocycles. The number of nitrogens with zero attached hydrogens (tertiary/aromatic N) is 2. The van der Waals surface area contributed by atoms with E-state index in [0.717, 1.165) is 0 Å². The zero-order valence-electron chi connectivity index (χ0n) is 12.7. The van der Waals surface area contributed by atoms with E-state index in [4.69, 9.17) is 9.84 Å². The number of ether oxygens (including phenoxy) is 1. The summed E-state index contributed by atoms with van der Waals surface area (Å²) in [6.07, 6.45) is 0.128. The number of rotatable bonds is 6. The molecule has 0 aliphatic carbocycles. The molecule has 2 N–H and O–H groups in total. The molecule has 0 bridgehead atoms. The van der Waals surface area contributed by atoms with Crippen molar-refractivity contribution in [1.29, 1.82) is 0 Å². The maximum atomic E-state index is 12.4. The zero-order valence-corrected chi connectivity index (χ0v) is 12.7. The first kappa shape index (κ1) is 16.7. The molecule has 23 heavy (non-hydrogen) atoms. The van der Waals surface area contributed by atoms with Gasteiger partial charge in [0.15, 0.2) is 0 Å². The highest BCUT2D eigenvalue weighted by atomic mass is 16.6. The van der Waals surface area contributed by atoms with Crippen molar-refractivity contribution < 1.29 is 24.4 Å². The van der Waals surface area contributed by atoms with Crippen LogP contribution in [0.4, 0.5) is 11.4 Å². The van der Waals surface area contributed by atoms with Crippen molar-refractivity contribution in [2.24, 2.45) is 0 Å². The van der Waals surface area contributed by atoms with E-state index >= 15 is 0 Å². The molecule has 1 amide bonds. The first-order valence-corrected chi connectivity index (χ1v) is 6.95. The largest absolute Gasteiger partial charge is 0.496 e. The van der Waals surface area contributed by atoms with Gasteiger partial charge in [-0.2, -0.15) is 0 Å². The number of carbonyl (C=O) groups excluding carboxylic acids is 1. The van der Waals surface area contributed by atoms with Crippen molar-refractivity contribution >= 4 is 23.3 Å². The number of hydrogen-bond donors (Lipinski definition) is 2. The fraction of sp³-hybridized carbons (Fsp3) is 0.429. The Morgan fingerprint density at radius 3 is 2.74 bits per heavy atom. The van der Waals surface area contributed by atoms with Crippen molar-refractivity contribution in [3.63, 3.8) is 0 Å². The van der Waals surface area contributed by atoms with Gasteiger partial charge in [-0.15, -0.1) is 0 Å². The van der Waals surface area contributed by atoms with Gasteiger partial charge in [0, 0.05) is 18.2 Å². The van der Waals surface area contributed by atoms with E-state index in [-0.39, 0.29) is 24.3 Å². The number of aliphatic carboxylic acids is 1. The lowest BCUT2D eigenvalue weighted by Crippen LogP contribution is -2.40. The molecule has 1 aliphatic rings. The Bertz CT molecular complexity index is 660. The highest BCUT2D eigenvalue weighted by molar-refractivity contribution is 6.00. The van der Waals surface area contributed by atoms with E-state index < -0.39 is 22.8 Å². The number of nitrogens with one attached hydrogen (secondary N) is 1. The van der Waals surface area contributed by atoms with Gasteiger partial charge in [0.25, 0.3) is 5.69 Å². The van der Waals surface area contributed by atoms with E-state index in [1.807, 2.05) is 0 Å². The zero-order chi connectivity index (χ0) is 17.1. The van der Waals surface area contributed by atoms with Gasteiger partial charge in [-0.25, -0.2) is 0 Å². The standard InChI is InChI=1S/C14H17N3O6/c1-15-9(14(19)20)7-12(18)16-6-5-8-11(23-2)4-3-10(13(8)16)17(21)22/h3-4,9,15H,5-7H2,1-2H3,(H,19,20). The second kappa shape index (κ2) is 6.61. The van der Waals surface area contributed by atoms with Crippen LogP contribution in [0.25, 0.3) is 0 Å². The van der Waals surface area contributed by atoms with Crippen molar-refractivity contribution in [3.8, 4) is 5.75 Å². The molecule has 124 valence electrons. The Labute approximate surface area is 132 Å². The van der Waals surface area contributed by atoms with E-state index in [2.05, 4.69) is 5.32 Å². The second-order valence-corrected chi connectivity index (χ2v) is 5.05. The molecule has 1 heterocycles. The van der Waals surface area contributed by atoms with Gasteiger partial charge in [0.2, 0.25) is 5.91 Å². The Kier molecular flexibility index (Phi) is 4.80. The number of amides is 1. The molecule has 2 rings (SSSR count). The highest BCUT2D eigenvalue weighted by Crippen LogP contribution is 2.42. The Morgan fingerprint density at radius 2 is 2.22 bits per heavy atom. The van der Waals surface area contributed by atoms with Gasteiger partial charge >= 0.3 is 5.97 Å². The molecule has 0 fully saturated rings. The average Bonchev–Trinajstić information content (AvgIpc) is 2.95. The van der Waals surface area contributed by atoms with E-state index in [1.54, 1.807) is 0 Å². The van der Waals surface area contributed by atoms with Gasteiger partial charge < -0.3 is 20.1 Å². The number of methoxy groups -OCH3 is 1. The van der Waals surface area contributed by atoms with Crippen molar-refractivity contribution in [2.45, 2.75) is 18.9 Å². The van der Waals surface area contributed by atoms with Gasteiger partial charge in [-0.3, -0.25) is 19.7 Å². The van der Waals surface area contributed by atoms with Crippen LogP contribution in [0.3, 0.4) is 0 Å². The molecule has 1 aromatic carbocycles. The van der Waals surface area contributed by atoms with Crippen molar-refractivity contribution in [2.75, 3.05) is 25.6 Å².